The van der Waals surface area contributed by atoms with Crippen LogP contribution in [0.5, 0.6) is 0 Å². The summed E-state index contributed by atoms with van der Waals surface area (Å²) in [6, 6.07) is 15.7. The van der Waals surface area contributed by atoms with Gasteiger partial charge in [-0.3, -0.25) is 0 Å². The second kappa shape index (κ2) is 5.57. The molecule has 1 saturated carbocycles. The highest BCUT2D eigenvalue weighted by atomic mass is 14.7. The monoisotopic (exact) mass is 267 g/mol. The maximum atomic E-state index is 6.60. The first-order chi connectivity index (χ1) is 9.73. The second-order valence-electron chi connectivity index (χ2n) is 6.42. The molecule has 3 rings (SSSR count). The van der Waals surface area contributed by atoms with E-state index in [-0.39, 0.29) is 0 Å². The maximum absolute atomic E-state index is 6.60. The van der Waals surface area contributed by atoms with Gasteiger partial charge in [-0.1, -0.05) is 62.2 Å². The van der Waals surface area contributed by atoms with E-state index in [1.165, 1.54) is 48.4 Å². The largest absolute Gasteiger partial charge is 0.327 e. The summed E-state index contributed by atoms with van der Waals surface area (Å²) in [5.74, 6) is 0. The summed E-state index contributed by atoms with van der Waals surface area (Å²) in [5.41, 5.74) is 8.38. The van der Waals surface area contributed by atoms with Crippen molar-refractivity contribution in [3.05, 3.63) is 48.0 Å². The van der Waals surface area contributed by atoms with Gasteiger partial charge in [0, 0.05) is 6.04 Å². The molecule has 0 heterocycles. The van der Waals surface area contributed by atoms with Crippen LogP contribution in [0.25, 0.3) is 10.8 Å². The van der Waals surface area contributed by atoms with Crippen LogP contribution in [-0.4, -0.2) is 6.04 Å². The molecule has 2 N–H and O–H groups in total. The predicted octanol–water partition coefficient (Wildman–Crippen LogP) is 4.68. The highest BCUT2D eigenvalue weighted by molar-refractivity contribution is 5.82. The van der Waals surface area contributed by atoms with E-state index < -0.39 is 0 Å². The van der Waals surface area contributed by atoms with Gasteiger partial charge in [0.1, 0.15) is 0 Å². The van der Waals surface area contributed by atoms with Gasteiger partial charge in [-0.2, -0.15) is 0 Å². The minimum atomic E-state index is 0.302. The minimum absolute atomic E-state index is 0.302. The number of benzene rings is 2. The van der Waals surface area contributed by atoms with Crippen molar-refractivity contribution in [2.24, 2.45) is 11.1 Å². The van der Waals surface area contributed by atoms with Crippen molar-refractivity contribution < 1.29 is 0 Å². The minimum Gasteiger partial charge on any atom is -0.327 e. The molecule has 1 aliphatic rings. The molecule has 2 aromatic carbocycles. The molecule has 1 heteroatoms. The van der Waals surface area contributed by atoms with Crippen molar-refractivity contribution in [1.82, 2.24) is 0 Å². The third-order valence-corrected chi connectivity index (χ3v) is 5.36. The lowest BCUT2D eigenvalue weighted by molar-refractivity contribution is 0.219. The lowest BCUT2D eigenvalue weighted by Gasteiger charge is -2.34. The lowest BCUT2D eigenvalue weighted by Crippen LogP contribution is -2.41. The van der Waals surface area contributed by atoms with Crippen LogP contribution in [0.4, 0.5) is 0 Å². The zero-order chi connectivity index (χ0) is 14.0. The molecule has 0 aromatic heterocycles. The van der Waals surface area contributed by atoms with Crippen molar-refractivity contribution in [2.75, 3.05) is 0 Å². The van der Waals surface area contributed by atoms with Gasteiger partial charge in [0.15, 0.2) is 0 Å². The summed E-state index contributed by atoms with van der Waals surface area (Å²) in [4.78, 5) is 0. The summed E-state index contributed by atoms with van der Waals surface area (Å²) in [6.45, 7) is 2.31. The molecular weight excluding hydrogens is 242 g/mol. The van der Waals surface area contributed by atoms with Crippen molar-refractivity contribution in [2.45, 2.75) is 51.5 Å². The molecule has 0 amide bonds. The first-order valence-corrected chi connectivity index (χ1v) is 7.97. The highest BCUT2D eigenvalue weighted by Crippen LogP contribution is 2.44. The van der Waals surface area contributed by atoms with Gasteiger partial charge in [0.05, 0.1) is 0 Å². The zero-order valence-electron chi connectivity index (χ0n) is 12.4. The molecule has 20 heavy (non-hydrogen) atoms. The van der Waals surface area contributed by atoms with Gasteiger partial charge in [-0.15, -0.1) is 0 Å². The fraction of sp³-hybridized carbons (Fsp3) is 0.474. The van der Waals surface area contributed by atoms with Crippen molar-refractivity contribution in [3.63, 3.8) is 0 Å². The van der Waals surface area contributed by atoms with E-state index in [1.807, 2.05) is 0 Å². The first kappa shape index (κ1) is 13.6. The van der Waals surface area contributed by atoms with E-state index in [4.69, 9.17) is 5.73 Å². The summed E-state index contributed by atoms with van der Waals surface area (Å²) in [6.07, 6.45) is 7.59. The SMILES string of the molecule is CCC1(C(N)Cc2ccc3ccccc3c2)CCCC1. The third kappa shape index (κ3) is 2.47. The molecule has 1 aliphatic carbocycles. The Morgan fingerprint density at radius 3 is 2.45 bits per heavy atom. The van der Waals surface area contributed by atoms with Crippen molar-refractivity contribution in [1.29, 1.82) is 0 Å². The molecule has 106 valence electrons. The molecule has 0 aliphatic heterocycles. The molecule has 1 nitrogen and oxygen atoms in total. The third-order valence-electron chi connectivity index (χ3n) is 5.36. The summed E-state index contributed by atoms with van der Waals surface area (Å²) >= 11 is 0. The fourth-order valence-electron chi connectivity index (χ4n) is 3.90. The Kier molecular flexibility index (Phi) is 3.80. The number of hydrogen-bond donors (Lipinski definition) is 1. The number of hydrogen-bond acceptors (Lipinski definition) is 1. The van der Waals surface area contributed by atoms with Gasteiger partial charge >= 0.3 is 0 Å². The Morgan fingerprint density at radius 2 is 1.75 bits per heavy atom. The van der Waals surface area contributed by atoms with E-state index in [0.717, 1.165) is 6.42 Å². The predicted molar refractivity (Wildman–Crippen MR) is 86.8 cm³/mol. The molecule has 0 bridgehead atoms. The lowest BCUT2D eigenvalue weighted by atomic mass is 9.74. The fourth-order valence-corrected chi connectivity index (χ4v) is 3.90. The molecular formula is C19H25N. The van der Waals surface area contributed by atoms with Gasteiger partial charge in [-0.25, -0.2) is 0 Å². The number of nitrogens with two attached hydrogens (primary N) is 1. The Labute approximate surface area is 122 Å². The molecule has 1 unspecified atom stereocenters. The van der Waals surface area contributed by atoms with E-state index in [2.05, 4.69) is 49.4 Å². The quantitative estimate of drug-likeness (QED) is 0.855. The van der Waals surface area contributed by atoms with Crippen LogP contribution in [0, 0.1) is 5.41 Å². The first-order valence-electron chi connectivity index (χ1n) is 7.97. The molecule has 0 radical (unpaired) electrons. The molecule has 1 fully saturated rings. The van der Waals surface area contributed by atoms with Crippen molar-refractivity contribution >= 4 is 10.8 Å². The van der Waals surface area contributed by atoms with Crippen LogP contribution in [0.2, 0.25) is 0 Å². The van der Waals surface area contributed by atoms with Crippen LogP contribution in [0.15, 0.2) is 42.5 Å². The Bertz CT molecular complexity index is 581. The molecule has 0 saturated heterocycles. The average Bonchev–Trinajstić information content (AvgIpc) is 2.97. The van der Waals surface area contributed by atoms with Gasteiger partial charge < -0.3 is 5.73 Å². The Hall–Kier alpha value is -1.34. The normalized spacial score (nSPS) is 19.3. The maximum Gasteiger partial charge on any atom is 0.0136 e. The van der Waals surface area contributed by atoms with Crippen molar-refractivity contribution in [3.8, 4) is 0 Å². The standard InChI is InChI=1S/C19H25N/c1-2-19(11-5-6-12-19)18(20)14-15-9-10-16-7-3-4-8-17(16)13-15/h3-4,7-10,13,18H,2,5-6,11-12,14,20H2,1H3. The molecule has 0 spiro atoms. The van der Waals surface area contributed by atoms with Crippen LogP contribution < -0.4 is 5.73 Å². The van der Waals surface area contributed by atoms with Crippen LogP contribution in [0.1, 0.15) is 44.6 Å². The molecule has 2 aromatic rings. The highest BCUT2D eigenvalue weighted by Gasteiger charge is 2.37. The second-order valence-corrected chi connectivity index (χ2v) is 6.42. The summed E-state index contributed by atoms with van der Waals surface area (Å²) in [7, 11) is 0. The van der Waals surface area contributed by atoms with E-state index in [1.54, 1.807) is 0 Å². The van der Waals surface area contributed by atoms with Gasteiger partial charge in [0.2, 0.25) is 0 Å². The van der Waals surface area contributed by atoms with Crippen LogP contribution in [0.3, 0.4) is 0 Å². The van der Waals surface area contributed by atoms with E-state index in [0.29, 0.717) is 11.5 Å². The van der Waals surface area contributed by atoms with Gasteiger partial charge in [0.25, 0.3) is 0 Å². The van der Waals surface area contributed by atoms with E-state index in [9.17, 15) is 0 Å². The Morgan fingerprint density at radius 1 is 1.05 bits per heavy atom. The van der Waals surface area contributed by atoms with Crippen LogP contribution in [-0.2, 0) is 6.42 Å². The van der Waals surface area contributed by atoms with Crippen LogP contribution >= 0.6 is 0 Å². The van der Waals surface area contributed by atoms with Gasteiger partial charge in [-0.05, 0) is 47.4 Å². The number of fused-ring (bicyclic) bond motifs is 1. The Balaban J connectivity index is 1.81. The topological polar surface area (TPSA) is 26.0 Å². The summed E-state index contributed by atoms with van der Waals surface area (Å²) in [5, 5.41) is 2.64. The smallest absolute Gasteiger partial charge is 0.0136 e. The summed E-state index contributed by atoms with van der Waals surface area (Å²) < 4.78 is 0. The average molecular weight is 267 g/mol. The van der Waals surface area contributed by atoms with E-state index >= 15 is 0 Å². The zero-order valence-corrected chi connectivity index (χ0v) is 12.4. The molecule has 1 atom stereocenters. The number of rotatable bonds is 4.